The lowest BCUT2D eigenvalue weighted by molar-refractivity contribution is 0.553. The highest BCUT2D eigenvalue weighted by Crippen LogP contribution is 2.29. The molecular weight excluding hydrogens is 305 g/mol. The molecule has 1 aromatic carbocycles. The Morgan fingerprint density at radius 1 is 1.19 bits per heavy atom. The third-order valence-corrected chi connectivity index (χ3v) is 4.24. The summed E-state index contributed by atoms with van der Waals surface area (Å²) in [6.45, 7) is 5.19. The van der Waals surface area contributed by atoms with E-state index in [1.807, 2.05) is 29.9 Å². The summed E-state index contributed by atoms with van der Waals surface area (Å²) in [7, 11) is 1.98. The maximum Gasteiger partial charge on any atom is 0.0748 e. The third kappa shape index (κ3) is 3.79. The van der Waals surface area contributed by atoms with E-state index in [4.69, 9.17) is 23.2 Å². The topological polar surface area (TPSA) is 29.9 Å². The Labute approximate surface area is 136 Å². The van der Waals surface area contributed by atoms with E-state index in [0.717, 1.165) is 36.3 Å². The third-order valence-electron chi connectivity index (χ3n) is 3.50. The highest BCUT2D eigenvalue weighted by atomic mass is 35.5. The zero-order valence-corrected chi connectivity index (χ0v) is 14.2. The van der Waals surface area contributed by atoms with Crippen molar-refractivity contribution in [2.75, 3.05) is 6.54 Å². The number of benzene rings is 1. The van der Waals surface area contributed by atoms with Gasteiger partial charge in [-0.05, 0) is 43.1 Å². The average molecular weight is 326 g/mol. The first-order valence-electron chi connectivity index (χ1n) is 7.28. The van der Waals surface area contributed by atoms with Crippen LogP contribution in [0.5, 0.6) is 0 Å². The van der Waals surface area contributed by atoms with Crippen LogP contribution in [0.4, 0.5) is 0 Å². The molecule has 0 spiro atoms. The first-order chi connectivity index (χ1) is 10.1. The summed E-state index contributed by atoms with van der Waals surface area (Å²) in [6, 6.07) is 8.00. The molecule has 2 rings (SSSR count). The van der Waals surface area contributed by atoms with Gasteiger partial charge in [0.2, 0.25) is 0 Å². The van der Waals surface area contributed by atoms with Crippen molar-refractivity contribution in [1.82, 2.24) is 15.1 Å². The van der Waals surface area contributed by atoms with Gasteiger partial charge in [-0.15, -0.1) is 0 Å². The first-order valence-corrected chi connectivity index (χ1v) is 8.03. The minimum absolute atomic E-state index is 0.0671. The number of nitrogens with zero attached hydrogens (tertiary/aromatic N) is 2. The van der Waals surface area contributed by atoms with Crippen LogP contribution in [-0.4, -0.2) is 16.3 Å². The van der Waals surface area contributed by atoms with E-state index in [1.165, 1.54) is 0 Å². The van der Waals surface area contributed by atoms with Gasteiger partial charge in [0.05, 0.1) is 27.5 Å². The fraction of sp³-hybridized carbons (Fsp3) is 0.438. The molecule has 21 heavy (non-hydrogen) atoms. The molecule has 114 valence electrons. The van der Waals surface area contributed by atoms with Crippen LogP contribution < -0.4 is 5.32 Å². The van der Waals surface area contributed by atoms with Crippen molar-refractivity contribution in [1.29, 1.82) is 0 Å². The molecule has 2 aromatic rings. The number of nitrogens with one attached hydrogen (secondary N) is 1. The van der Waals surface area contributed by atoms with Crippen LogP contribution in [-0.2, 0) is 13.5 Å². The maximum atomic E-state index is 6.17. The van der Waals surface area contributed by atoms with E-state index < -0.39 is 0 Å². The van der Waals surface area contributed by atoms with Gasteiger partial charge in [-0.2, -0.15) is 5.10 Å². The van der Waals surface area contributed by atoms with Gasteiger partial charge in [0, 0.05) is 7.05 Å². The summed E-state index contributed by atoms with van der Waals surface area (Å²) in [5.41, 5.74) is 3.33. The fourth-order valence-corrected chi connectivity index (χ4v) is 2.67. The number of rotatable bonds is 6. The van der Waals surface area contributed by atoms with Gasteiger partial charge in [-0.1, -0.05) is 43.1 Å². The molecule has 5 heteroatoms. The summed E-state index contributed by atoms with van der Waals surface area (Å²) < 4.78 is 1.94. The van der Waals surface area contributed by atoms with Gasteiger partial charge in [0.15, 0.2) is 0 Å². The van der Waals surface area contributed by atoms with Crippen LogP contribution in [0, 0.1) is 0 Å². The molecule has 0 fully saturated rings. The van der Waals surface area contributed by atoms with Crippen molar-refractivity contribution in [3.63, 3.8) is 0 Å². The minimum Gasteiger partial charge on any atom is -0.305 e. The van der Waals surface area contributed by atoms with Crippen LogP contribution in [0.1, 0.15) is 43.3 Å². The zero-order chi connectivity index (χ0) is 15.4. The van der Waals surface area contributed by atoms with E-state index in [2.05, 4.69) is 30.3 Å². The molecule has 0 saturated heterocycles. The molecule has 1 atom stereocenters. The van der Waals surface area contributed by atoms with Crippen molar-refractivity contribution >= 4 is 23.2 Å². The predicted octanol–water partition coefficient (Wildman–Crippen LogP) is 4.38. The Morgan fingerprint density at radius 2 is 1.95 bits per heavy atom. The lowest BCUT2D eigenvalue weighted by atomic mass is 10.0. The number of aromatic nitrogens is 2. The van der Waals surface area contributed by atoms with Crippen molar-refractivity contribution in [3.05, 3.63) is 51.3 Å². The van der Waals surface area contributed by atoms with E-state index in [1.54, 1.807) is 0 Å². The van der Waals surface area contributed by atoms with Gasteiger partial charge in [0.25, 0.3) is 0 Å². The van der Waals surface area contributed by atoms with Crippen LogP contribution in [0.2, 0.25) is 10.0 Å². The van der Waals surface area contributed by atoms with Crippen LogP contribution in [0.25, 0.3) is 0 Å². The smallest absolute Gasteiger partial charge is 0.0748 e. The molecule has 0 aliphatic rings. The Bertz CT molecular complexity index is 608. The fourth-order valence-electron chi connectivity index (χ4n) is 2.36. The summed E-state index contributed by atoms with van der Waals surface area (Å²) in [5, 5.41) is 9.26. The molecule has 1 N–H and O–H groups in total. The number of halogens is 2. The molecule has 1 aromatic heterocycles. The molecule has 0 aliphatic carbocycles. The van der Waals surface area contributed by atoms with Crippen LogP contribution in [0.3, 0.4) is 0 Å². The second-order valence-corrected chi connectivity index (χ2v) is 5.91. The van der Waals surface area contributed by atoms with Gasteiger partial charge in [-0.3, -0.25) is 4.68 Å². The Hall–Kier alpha value is -1.03. The van der Waals surface area contributed by atoms with Gasteiger partial charge < -0.3 is 5.32 Å². The Balaban J connectivity index is 2.41. The molecule has 0 amide bonds. The van der Waals surface area contributed by atoms with Crippen LogP contribution >= 0.6 is 23.2 Å². The zero-order valence-electron chi connectivity index (χ0n) is 12.7. The standard InChI is InChI=1S/C16H21Cl2N3/c1-4-8-19-16(11-6-7-13(17)14(18)9-11)15-10-12(5-2)20-21(15)3/h6-7,9-10,16,19H,4-5,8H2,1-3H3. The van der Waals surface area contributed by atoms with Crippen molar-refractivity contribution < 1.29 is 0 Å². The number of hydrogen-bond donors (Lipinski definition) is 1. The van der Waals surface area contributed by atoms with Gasteiger partial charge in [0.1, 0.15) is 0 Å². The second-order valence-electron chi connectivity index (χ2n) is 5.10. The second kappa shape index (κ2) is 7.30. The SMILES string of the molecule is CCCNC(c1ccc(Cl)c(Cl)c1)c1cc(CC)nn1C. The van der Waals surface area contributed by atoms with Crippen LogP contribution in [0.15, 0.2) is 24.3 Å². The van der Waals surface area contributed by atoms with Gasteiger partial charge in [-0.25, -0.2) is 0 Å². The summed E-state index contributed by atoms with van der Waals surface area (Å²) >= 11 is 12.2. The summed E-state index contributed by atoms with van der Waals surface area (Å²) in [5.74, 6) is 0. The monoisotopic (exact) mass is 325 g/mol. The molecule has 3 nitrogen and oxygen atoms in total. The highest BCUT2D eigenvalue weighted by Gasteiger charge is 2.19. The number of hydrogen-bond acceptors (Lipinski definition) is 2. The predicted molar refractivity (Wildman–Crippen MR) is 89.2 cm³/mol. The molecule has 1 heterocycles. The normalized spacial score (nSPS) is 12.6. The summed E-state index contributed by atoms with van der Waals surface area (Å²) in [4.78, 5) is 0. The highest BCUT2D eigenvalue weighted by molar-refractivity contribution is 6.42. The number of aryl methyl sites for hydroxylation is 2. The van der Waals surface area contributed by atoms with E-state index in [0.29, 0.717) is 10.0 Å². The maximum absolute atomic E-state index is 6.17. The molecule has 0 saturated carbocycles. The molecule has 1 unspecified atom stereocenters. The minimum atomic E-state index is 0.0671. The first kappa shape index (κ1) is 16.3. The van der Waals surface area contributed by atoms with Gasteiger partial charge >= 0.3 is 0 Å². The average Bonchev–Trinajstić information content (AvgIpc) is 2.84. The quantitative estimate of drug-likeness (QED) is 0.854. The van der Waals surface area contributed by atoms with E-state index in [9.17, 15) is 0 Å². The Kier molecular flexibility index (Phi) is 5.68. The Morgan fingerprint density at radius 3 is 2.52 bits per heavy atom. The molecule has 0 bridgehead atoms. The summed E-state index contributed by atoms with van der Waals surface area (Å²) in [6.07, 6.45) is 1.99. The molecule has 0 radical (unpaired) electrons. The van der Waals surface area contributed by atoms with Crippen molar-refractivity contribution in [2.24, 2.45) is 7.05 Å². The van der Waals surface area contributed by atoms with Crippen molar-refractivity contribution in [3.8, 4) is 0 Å². The molecule has 0 aliphatic heterocycles. The largest absolute Gasteiger partial charge is 0.305 e. The van der Waals surface area contributed by atoms with E-state index in [-0.39, 0.29) is 6.04 Å². The lowest BCUT2D eigenvalue weighted by Crippen LogP contribution is -2.25. The van der Waals surface area contributed by atoms with E-state index >= 15 is 0 Å². The lowest BCUT2D eigenvalue weighted by Gasteiger charge is -2.20. The molecular formula is C16H21Cl2N3. The van der Waals surface area contributed by atoms with Crippen molar-refractivity contribution in [2.45, 2.75) is 32.7 Å².